The number of quaternary nitrogens is 2. The number of nitrogens with zero attached hydrogens (tertiary/aromatic N) is 2. The van der Waals surface area contributed by atoms with Crippen molar-refractivity contribution in [2.45, 2.75) is 85.9 Å². The van der Waals surface area contributed by atoms with Crippen molar-refractivity contribution < 1.29 is 15.5 Å². The molecule has 10 unspecified atom stereocenters. The topological polar surface area (TPSA) is 0 Å². The normalized spacial score (nSPS) is 92.0. The van der Waals surface area contributed by atoms with Gasteiger partial charge in [0.25, 0.3) is 0 Å². The van der Waals surface area contributed by atoms with E-state index >= 15 is 0 Å². The molecule has 3 heteroatoms. The molecule has 10 heterocycles. The summed E-state index contributed by atoms with van der Waals surface area (Å²) in [7, 11) is 15.4. The molecule has 10 aliphatic heterocycles. The van der Waals surface area contributed by atoms with Crippen molar-refractivity contribution in [2.75, 3.05) is 42.3 Å². The Balaban J connectivity index is 1.37. The van der Waals surface area contributed by atoms with Crippen molar-refractivity contribution in [2.24, 2.45) is 0 Å². The van der Waals surface area contributed by atoms with Gasteiger partial charge in [0.05, 0.1) is 0 Å². The molecule has 10 aliphatic rings. The van der Waals surface area contributed by atoms with E-state index in [9.17, 15) is 0 Å². The molecule has 10 atom stereocenters. The van der Waals surface area contributed by atoms with Crippen molar-refractivity contribution in [3.63, 3.8) is 0 Å². The van der Waals surface area contributed by atoms with Gasteiger partial charge in [-0.3, -0.25) is 0 Å². The van der Waals surface area contributed by atoms with Crippen LogP contribution in [0.4, 0.5) is 0 Å². The minimum atomic E-state index is -3.32. The Morgan fingerprint density at radius 1 is 0.640 bits per heavy atom. The van der Waals surface area contributed by atoms with Gasteiger partial charge in [-0.05, 0) is 0 Å². The van der Waals surface area contributed by atoms with Crippen LogP contribution in [0.15, 0.2) is 0 Å². The SMILES string of the molecule is CCC([C]12[CH]3[CH]4[CH]5[CH]1[Fe]45321678[CH]2[CH]1[CH]6[C]7(C(CC)[N+](C)(C)C)[CH]28)[N+](C)(C)C. The van der Waals surface area contributed by atoms with E-state index in [2.05, 4.69) is 56.1 Å². The van der Waals surface area contributed by atoms with Crippen LogP contribution in [0.1, 0.15) is 26.7 Å². The summed E-state index contributed by atoms with van der Waals surface area (Å²) in [5.41, 5.74) is 0. The molecule has 142 valence electrons. The van der Waals surface area contributed by atoms with Crippen LogP contribution in [-0.4, -0.2) is 63.3 Å². The zero-order chi connectivity index (χ0) is 17.5. The number of hydrogen-bond donors (Lipinski definition) is 0. The zero-order valence-corrected chi connectivity index (χ0v) is 18.5. The Morgan fingerprint density at radius 3 is 1.08 bits per heavy atom. The molecular weight excluding hydrogens is 348 g/mol. The van der Waals surface area contributed by atoms with Gasteiger partial charge in [-0.1, -0.05) is 0 Å². The van der Waals surface area contributed by atoms with Gasteiger partial charge in [-0.2, -0.15) is 0 Å². The first-order valence-corrected chi connectivity index (χ1v) is 17.4. The van der Waals surface area contributed by atoms with Crippen LogP contribution in [0.25, 0.3) is 0 Å². The second-order valence-electron chi connectivity index (χ2n) is 16.0. The van der Waals surface area contributed by atoms with E-state index in [0.717, 1.165) is 20.7 Å². The first kappa shape index (κ1) is 12.8. The molecule has 10 fully saturated rings. The third-order valence-electron chi connectivity index (χ3n) is 18.7. The molecule has 0 bridgehead atoms. The molecule has 10 saturated heterocycles. The van der Waals surface area contributed by atoms with Crippen LogP contribution >= 0.6 is 0 Å². The third kappa shape index (κ3) is 0.190. The maximum absolute atomic E-state index is 3.32. The fraction of sp³-hybridized carbons (Fsp3) is 1.00. The van der Waals surface area contributed by atoms with Gasteiger partial charge in [-0.25, -0.2) is 0 Å². The quantitative estimate of drug-likeness (QED) is 0.441. The molecule has 0 saturated carbocycles. The second-order valence-corrected chi connectivity index (χ2v) is 39.3. The molecule has 0 N–H and O–H groups in total. The predicted molar refractivity (Wildman–Crippen MR) is 99.6 cm³/mol. The van der Waals surface area contributed by atoms with Gasteiger partial charge < -0.3 is 0 Å². The van der Waals surface area contributed by atoms with Gasteiger partial charge in [-0.15, -0.1) is 0 Å². The van der Waals surface area contributed by atoms with E-state index in [4.69, 9.17) is 0 Å². The number of fused-ring (bicyclic) bond motifs is 10. The Morgan fingerprint density at radius 2 is 0.920 bits per heavy atom. The molecule has 0 aliphatic carbocycles. The standard InChI is InChI=1S/2C11H19N.Fe/c2*1-5-11(12(2,3)4)10-8-6-7-9-10;/h2*6-9,11H,5H2,1-4H3;/q2*+1;. The van der Waals surface area contributed by atoms with Crippen LogP contribution in [0.5, 0.6) is 0 Å². The van der Waals surface area contributed by atoms with E-state index in [-0.39, 0.29) is 0 Å². The Labute approximate surface area is 143 Å². The van der Waals surface area contributed by atoms with Gasteiger partial charge in [0.2, 0.25) is 0 Å². The predicted octanol–water partition coefficient (Wildman–Crippen LogP) is 5.09. The summed E-state index contributed by atoms with van der Waals surface area (Å²) in [4.78, 5) is 11.4. The van der Waals surface area contributed by atoms with Gasteiger partial charge in [0, 0.05) is 0 Å². The Kier molecular flexibility index (Phi) is 0.669. The molecule has 10 rings (SSSR count). The fourth-order valence-corrected chi connectivity index (χ4v) is 100. The molecule has 2 nitrogen and oxygen atoms in total. The minimum absolute atomic E-state index is 1.02. The van der Waals surface area contributed by atoms with Crippen molar-refractivity contribution >= 4 is 0 Å². The molecule has 0 radical (unpaired) electrons. The van der Waals surface area contributed by atoms with Crippen LogP contribution in [0, 0.1) is 0 Å². The van der Waals surface area contributed by atoms with Crippen molar-refractivity contribution in [3.8, 4) is 0 Å². The van der Waals surface area contributed by atoms with Crippen LogP contribution in [0.2, 0.25) is 47.2 Å². The second kappa shape index (κ2) is 1.30. The summed E-state index contributed by atoms with van der Waals surface area (Å²) in [5.74, 6) is 0. The first-order chi connectivity index (χ1) is 11.3. The molecule has 25 heavy (non-hydrogen) atoms. The fourth-order valence-electron chi connectivity index (χ4n) is 21.6. The van der Waals surface area contributed by atoms with Gasteiger partial charge in [0.15, 0.2) is 0 Å². The van der Waals surface area contributed by atoms with Gasteiger partial charge >= 0.3 is 144 Å². The average Bonchev–Trinajstić information content (AvgIpc) is 3.40. The first-order valence-electron chi connectivity index (χ1n) is 11.1. The molecular formula is C22H38FeN2+2. The van der Waals surface area contributed by atoms with Crippen LogP contribution < -0.4 is 0 Å². The van der Waals surface area contributed by atoms with Gasteiger partial charge in [0.1, 0.15) is 0 Å². The summed E-state index contributed by atoms with van der Waals surface area (Å²) < 4.78 is 4.60. The summed E-state index contributed by atoms with van der Waals surface area (Å²) >= 11 is 0. The van der Waals surface area contributed by atoms with E-state index in [1.165, 1.54) is 60.3 Å². The summed E-state index contributed by atoms with van der Waals surface area (Å²) in [5, 5.41) is 0. The summed E-state index contributed by atoms with van der Waals surface area (Å²) in [6, 6.07) is 2.06. The third-order valence-corrected chi connectivity index (χ3v) is 62.1. The molecule has 0 aromatic carbocycles. The molecule has 0 aromatic rings. The van der Waals surface area contributed by atoms with Crippen LogP contribution in [-0.2, 0) is 6.51 Å². The van der Waals surface area contributed by atoms with E-state index < -0.39 is 6.51 Å². The van der Waals surface area contributed by atoms with Crippen molar-refractivity contribution in [1.82, 2.24) is 0 Å². The van der Waals surface area contributed by atoms with Crippen molar-refractivity contribution in [3.05, 3.63) is 0 Å². The van der Waals surface area contributed by atoms with Crippen LogP contribution in [0.3, 0.4) is 0 Å². The van der Waals surface area contributed by atoms with E-state index in [1.807, 2.05) is 0 Å². The Bertz CT molecular complexity index is 1110. The molecule has 0 amide bonds. The number of hydrogen-bond acceptors (Lipinski definition) is 0. The Hall–Kier alpha value is 0.439. The zero-order valence-electron chi connectivity index (χ0n) is 17.4. The average molecular weight is 386 g/mol. The van der Waals surface area contributed by atoms with E-state index in [0.29, 0.717) is 0 Å². The molecule has 1 spiro atoms. The van der Waals surface area contributed by atoms with E-state index in [1.54, 1.807) is 0 Å². The summed E-state index contributed by atoms with van der Waals surface area (Å²) in [6.45, 7) is 1.80. The van der Waals surface area contributed by atoms with Crippen molar-refractivity contribution in [1.29, 1.82) is 0 Å². The summed E-state index contributed by atoms with van der Waals surface area (Å²) in [6.07, 6.45) is 2.94. The maximum atomic E-state index is 2.56. The number of rotatable bonds is 6. The monoisotopic (exact) mass is 386 g/mol. The molecule has 0 aromatic heterocycles.